The van der Waals surface area contributed by atoms with E-state index < -0.39 is 15.7 Å². The van der Waals surface area contributed by atoms with E-state index in [9.17, 15) is 13.2 Å². The van der Waals surface area contributed by atoms with E-state index in [-0.39, 0.29) is 26.9 Å². The smallest absolute Gasteiger partial charge is 0.258 e. The fourth-order valence-electron chi connectivity index (χ4n) is 1.73. The van der Waals surface area contributed by atoms with Crippen LogP contribution >= 0.6 is 11.6 Å². The van der Waals surface area contributed by atoms with Gasteiger partial charge < -0.3 is 5.32 Å². The van der Waals surface area contributed by atoms with Crippen molar-refractivity contribution in [3.8, 4) is 0 Å². The molecule has 1 amide bonds. The largest absolute Gasteiger partial charge is 0.321 e. The first kappa shape index (κ1) is 15.5. The Labute approximate surface area is 127 Å². The molecule has 0 saturated carbocycles. The van der Waals surface area contributed by atoms with Gasteiger partial charge in [0.25, 0.3) is 5.91 Å². The van der Waals surface area contributed by atoms with Gasteiger partial charge >= 0.3 is 0 Å². The van der Waals surface area contributed by atoms with Crippen molar-refractivity contribution in [1.82, 2.24) is 4.98 Å². The number of benzene rings is 1. The second-order valence-corrected chi connectivity index (χ2v) is 6.86. The summed E-state index contributed by atoms with van der Waals surface area (Å²) in [5.74, 6) is -0.556. The van der Waals surface area contributed by atoms with Gasteiger partial charge in [-0.2, -0.15) is 0 Å². The number of nitrogens with one attached hydrogen (secondary N) is 1. The molecule has 21 heavy (non-hydrogen) atoms. The summed E-state index contributed by atoms with van der Waals surface area (Å²) >= 11 is 5.92. The van der Waals surface area contributed by atoms with E-state index in [2.05, 4.69) is 10.3 Å². The lowest BCUT2D eigenvalue weighted by Gasteiger charge is -2.11. The molecular weight excluding hydrogens is 312 g/mol. The first-order valence-corrected chi connectivity index (χ1v) is 8.21. The van der Waals surface area contributed by atoms with Gasteiger partial charge in [-0.3, -0.25) is 9.78 Å². The minimum Gasteiger partial charge on any atom is -0.321 e. The Kier molecular flexibility index (Phi) is 4.59. The molecule has 0 aliphatic carbocycles. The van der Waals surface area contributed by atoms with E-state index in [0.29, 0.717) is 0 Å². The van der Waals surface area contributed by atoms with Gasteiger partial charge in [-0.05, 0) is 18.2 Å². The summed E-state index contributed by atoms with van der Waals surface area (Å²) < 4.78 is 24.0. The van der Waals surface area contributed by atoms with Crippen LogP contribution < -0.4 is 5.32 Å². The van der Waals surface area contributed by atoms with Crippen LogP contribution in [0.4, 0.5) is 5.69 Å². The van der Waals surface area contributed by atoms with Crippen LogP contribution in [0.5, 0.6) is 0 Å². The third kappa shape index (κ3) is 3.40. The van der Waals surface area contributed by atoms with E-state index >= 15 is 0 Å². The fraction of sp³-hybridized carbons (Fsp3) is 0.143. The summed E-state index contributed by atoms with van der Waals surface area (Å²) in [7, 11) is -3.43. The van der Waals surface area contributed by atoms with Gasteiger partial charge in [0.05, 0.1) is 26.9 Å². The van der Waals surface area contributed by atoms with Crippen LogP contribution in [0.3, 0.4) is 0 Å². The third-order valence-electron chi connectivity index (χ3n) is 2.86. The zero-order valence-corrected chi connectivity index (χ0v) is 12.8. The molecule has 0 fully saturated rings. The highest BCUT2D eigenvalue weighted by molar-refractivity contribution is 7.91. The van der Waals surface area contributed by atoms with E-state index in [0.717, 1.165) is 0 Å². The number of anilines is 1. The first-order chi connectivity index (χ1) is 9.95. The van der Waals surface area contributed by atoms with Crippen molar-refractivity contribution in [2.45, 2.75) is 11.8 Å². The Bertz CT molecular complexity index is 775. The van der Waals surface area contributed by atoms with Gasteiger partial charge in [0, 0.05) is 12.4 Å². The van der Waals surface area contributed by atoms with Crippen molar-refractivity contribution in [2.24, 2.45) is 0 Å². The molecule has 0 radical (unpaired) electrons. The molecule has 1 heterocycles. The van der Waals surface area contributed by atoms with Gasteiger partial charge in [0.15, 0.2) is 9.84 Å². The highest BCUT2D eigenvalue weighted by Gasteiger charge is 2.18. The van der Waals surface area contributed by atoms with E-state index in [1.165, 1.54) is 30.6 Å². The number of halogens is 1. The fourth-order valence-corrected chi connectivity index (χ4v) is 2.97. The average molecular weight is 325 g/mol. The zero-order valence-electron chi connectivity index (χ0n) is 11.2. The lowest BCUT2D eigenvalue weighted by atomic mass is 10.2. The number of carbonyl (C=O) groups is 1. The third-order valence-corrected chi connectivity index (χ3v) is 4.98. The van der Waals surface area contributed by atoms with Crippen LogP contribution in [0.1, 0.15) is 17.3 Å². The molecular formula is C14H13ClN2O3S. The zero-order chi connectivity index (χ0) is 15.5. The summed E-state index contributed by atoms with van der Waals surface area (Å²) in [4.78, 5) is 16.1. The molecule has 5 nitrogen and oxygen atoms in total. The second-order valence-electron chi connectivity index (χ2n) is 4.21. The molecule has 7 heteroatoms. The second kappa shape index (κ2) is 6.24. The van der Waals surface area contributed by atoms with Crippen molar-refractivity contribution >= 4 is 33.0 Å². The molecule has 0 spiro atoms. The number of nitrogens with zero attached hydrogens (tertiary/aromatic N) is 1. The van der Waals surface area contributed by atoms with Gasteiger partial charge in [-0.15, -0.1) is 0 Å². The molecule has 1 aromatic heterocycles. The molecule has 0 aliphatic rings. The van der Waals surface area contributed by atoms with Gasteiger partial charge in [-0.1, -0.05) is 30.7 Å². The quantitative estimate of drug-likeness (QED) is 0.938. The summed E-state index contributed by atoms with van der Waals surface area (Å²) in [6, 6.07) is 7.74. The molecule has 110 valence electrons. The molecule has 2 aromatic rings. The monoisotopic (exact) mass is 324 g/mol. The van der Waals surface area contributed by atoms with Crippen molar-refractivity contribution < 1.29 is 13.2 Å². The van der Waals surface area contributed by atoms with Crippen molar-refractivity contribution in [3.63, 3.8) is 0 Å². The Morgan fingerprint density at radius 3 is 2.67 bits per heavy atom. The average Bonchev–Trinajstić information content (AvgIpc) is 2.48. The van der Waals surface area contributed by atoms with Crippen molar-refractivity contribution in [3.05, 3.63) is 53.3 Å². The van der Waals surface area contributed by atoms with E-state index in [4.69, 9.17) is 11.6 Å². The highest BCUT2D eigenvalue weighted by Crippen LogP contribution is 2.23. The Morgan fingerprint density at radius 2 is 2.00 bits per heavy atom. The van der Waals surface area contributed by atoms with Crippen LogP contribution in [0.2, 0.25) is 5.02 Å². The van der Waals surface area contributed by atoms with Gasteiger partial charge in [0.2, 0.25) is 0 Å². The predicted molar refractivity (Wildman–Crippen MR) is 81.4 cm³/mol. The lowest BCUT2D eigenvalue weighted by molar-refractivity contribution is 0.102. The predicted octanol–water partition coefficient (Wildman–Crippen LogP) is 2.78. The minimum atomic E-state index is -3.43. The van der Waals surface area contributed by atoms with Gasteiger partial charge in [0.1, 0.15) is 0 Å². The summed E-state index contributed by atoms with van der Waals surface area (Å²) in [6.45, 7) is 1.55. The molecule has 0 saturated heterocycles. The number of para-hydroxylation sites is 1. The SMILES string of the molecule is CCS(=O)(=O)c1ccccc1NC(=O)c1cnccc1Cl. The van der Waals surface area contributed by atoms with Crippen LogP contribution in [-0.4, -0.2) is 25.1 Å². The summed E-state index contributed by atoms with van der Waals surface area (Å²) in [6.07, 6.45) is 2.79. The van der Waals surface area contributed by atoms with Crippen LogP contribution in [-0.2, 0) is 9.84 Å². The topological polar surface area (TPSA) is 76.1 Å². The van der Waals surface area contributed by atoms with E-state index in [1.807, 2.05) is 0 Å². The van der Waals surface area contributed by atoms with Crippen LogP contribution in [0, 0.1) is 0 Å². The Hall–Kier alpha value is -1.92. The highest BCUT2D eigenvalue weighted by atomic mass is 35.5. The molecule has 0 bridgehead atoms. The van der Waals surface area contributed by atoms with Crippen molar-refractivity contribution in [2.75, 3.05) is 11.1 Å². The maximum absolute atomic E-state index is 12.2. The molecule has 0 unspecified atom stereocenters. The number of pyridine rings is 1. The Balaban J connectivity index is 2.38. The number of rotatable bonds is 4. The van der Waals surface area contributed by atoms with E-state index in [1.54, 1.807) is 19.1 Å². The number of carbonyl (C=O) groups excluding carboxylic acids is 1. The lowest BCUT2D eigenvalue weighted by Crippen LogP contribution is -2.16. The number of hydrogen-bond acceptors (Lipinski definition) is 4. The molecule has 2 rings (SSSR count). The number of aromatic nitrogens is 1. The minimum absolute atomic E-state index is 0.0481. The standard InChI is InChI=1S/C14H13ClN2O3S/c1-2-21(19,20)13-6-4-3-5-12(13)17-14(18)10-9-16-8-7-11(10)15/h3-9H,2H2,1H3,(H,17,18). The maximum atomic E-state index is 12.2. The summed E-state index contributed by atoms with van der Waals surface area (Å²) in [5, 5.41) is 2.81. The first-order valence-electron chi connectivity index (χ1n) is 6.18. The molecule has 0 aliphatic heterocycles. The number of hydrogen-bond donors (Lipinski definition) is 1. The van der Waals surface area contributed by atoms with Crippen LogP contribution in [0.25, 0.3) is 0 Å². The summed E-state index contributed by atoms with van der Waals surface area (Å²) in [5.41, 5.74) is 0.409. The molecule has 0 atom stereocenters. The number of amides is 1. The molecule has 1 N–H and O–H groups in total. The number of sulfone groups is 1. The van der Waals surface area contributed by atoms with Gasteiger partial charge in [-0.25, -0.2) is 8.42 Å². The normalized spacial score (nSPS) is 11.1. The maximum Gasteiger partial charge on any atom is 0.258 e. The van der Waals surface area contributed by atoms with Crippen LogP contribution in [0.15, 0.2) is 47.6 Å². The van der Waals surface area contributed by atoms with Crippen molar-refractivity contribution in [1.29, 1.82) is 0 Å². The Morgan fingerprint density at radius 1 is 1.29 bits per heavy atom. The molecule has 1 aromatic carbocycles.